The van der Waals surface area contributed by atoms with Crippen LogP contribution in [0.3, 0.4) is 0 Å². The summed E-state index contributed by atoms with van der Waals surface area (Å²) in [6, 6.07) is 14.1. The van der Waals surface area contributed by atoms with Crippen LogP contribution in [0, 0.1) is 13.8 Å². The maximum Gasteiger partial charge on any atom is 0.278 e. The Bertz CT molecular complexity index is 1010. The van der Waals surface area contributed by atoms with Crippen molar-refractivity contribution >= 4 is 23.1 Å². The molecule has 2 aliphatic heterocycles. The smallest absolute Gasteiger partial charge is 0.278 e. The zero-order chi connectivity index (χ0) is 20.5. The maximum absolute atomic E-state index is 13.4. The highest BCUT2D eigenvalue weighted by Gasteiger charge is 2.42. The fourth-order valence-corrected chi connectivity index (χ4v) is 4.11. The monoisotopic (exact) mass is 390 g/mol. The van der Waals surface area contributed by atoms with Gasteiger partial charge >= 0.3 is 0 Å². The number of amides is 2. The molecule has 2 heterocycles. The molecule has 4 rings (SSSR count). The summed E-state index contributed by atoms with van der Waals surface area (Å²) < 4.78 is 5.11. The lowest BCUT2D eigenvalue weighted by atomic mass is 9.99. The minimum absolute atomic E-state index is 0.212. The van der Waals surface area contributed by atoms with Crippen LogP contribution in [0.1, 0.15) is 28.7 Å². The van der Waals surface area contributed by atoms with E-state index >= 15 is 0 Å². The van der Waals surface area contributed by atoms with Gasteiger partial charge in [0.1, 0.15) is 5.70 Å². The van der Waals surface area contributed by atoms with Gasteiger partial charge in [-0.3, -0.25) is 14.5 Å². The first-order valence-electron chi connectivity index (χ1n) is 10.1. The van der Waals surface area contributed by atoms with Crippen molar-refractivity contribution in [2.75, 3.05) is 31.7 Å². The largest absolute Gasteiger partial charge is 0.385 e. The number of carbonyl (C=O) groups is 2. The molecule has 5 heteroatoms. The Hall–Kier alpha value is -2.92. The van der Waals surface area contributed by atoms with E-state index in [-0.39, 0.29) is 11.8 Å². The molecular weight excluding hydrogens is 364 g/mol. The zero-order valence-corrected chi connectivity index (χ0v) is 17.2. The summed E-state index contributed by atoms with van der Waals surface area (Å²) >= 11 is 0. The minimum atomic E-state index is -0.214. The number of benzene rings is 2. The van der Waals surface area contributed by atoms with Crippen molar-refractivity contribution in [2.45, 2.75) is 26.7 Å². The molecule has 0 fully saturated rings. The van der Waals surface area contributed by atoms with Crippen molar-refractivity contribution in [1.29, 1.82) is 0 Å². The molecule has 0 atom stereocenters. The molecule has 0 aromatic heterocycles. The third-order valence-electron chi connectivity index (χ3n) is 5.83. The van der Waals surface area contributed by atoms with Crippen LogP contribution in [0.25, 0.3) is 5.57 Å². The Kier molecular flexibility index (Phi) is 5.24. The number of methoxy groups -OCH3 is 1. The molecular formula is C24H26N2O3. The summed E-state index contributed by atoms with van der Waals surface area (Å²) in [5.41, 5.74) is 6.31. The summed E-state index contributed by atoms with van der Waals surface area (Å²) in [5, 5.41) is 0. The van der Waals surface area contributed by atoms with Crippen molar-refractivity contribution in [2.24, 2.45) is 0 Å². The number of carbonyl (C=O) groups excluding carboxylic acids is 2. The number of fused-ring (bicyclic) bond motifs is 1. The first-order chi connectivity index (χ1) is 14.0. The second-order valence-corrected chi connectivity index (χ2v) is 7.66. The molecule has 0 saturated heterocycles. The summed E-state index contributed by atoms with van der Waals surface area (Å²) in [6.07, 6.45) is 1.49. The van der Waals surface area contributed by atoms with E-state index in [1.54, 1.807) is 7.11 Å². The molecule has 0 bridgehead atoms. The van der Waals surface area contributed by atoms with Gasteiger partial charge in [-0.1, -0.05) is 36.4 Å². The van der Waals surface area contributed by atoms with Crippen molar-refractivity contribution in [3.63, 3.8) is 0 Å². The van der Waals surface area contributed by atoms with Crippen LogP contribution in [-0.4, -0.2) is 43.5 Å². The van der Waals surface area contributed by atoms with Crippen LogP contribution in [0.5, 0.6) is 0 Å². The molecule has 5 nitrogen and oxygen atoms in total. The van der Waals surface area contributed by atoms with Gasteiger partial charge in [0.05, 0.1) is 5.57 Å². The van der Waals surface area contributed by atoms with E-state index < -0.39 is 0 Å². The second kappa shape index (κ2) is 7.84. The fourth-order valence-electron chi connectivity index (χ4n) is 4.11. The van der Waals surface area contributed by atoms with E-state index in [1.807, 2.05) is 55.1 Å². The highest BCUT2D eigenvalue weighted by atomic mass is 16.5. The summed E-state index contributed by atoms with van der Waals surface area (Å²) in [6.45, 7) is 5.65. The van der Waals surface area contributed by atoms with Gasteiger partial charge in [0, 0.05) is 32.5 Å². The van der Waals surface area contributed by atoms with Gasteiger partial charge in [-0.15, -0.1) is 0 Å². The van der Waals surface area contributed by atoms with Crippen molar-refractivity contribution in [3.05, 3.63) is 70.4 Å². The van der Waals surface area contributed by atoms with Gasteiger partial charge in [0.2, 0.25) is 0 Å². The van der Waals surface area contributed by atoms with Gasteiger partial charge in [0.15, 0.2) is 0 Å². The molecule has 150 valence electrons. The van der Waals surface area contributed by atoms with E-state index in [2.05, 4.69) is 6.07 Å². The number of rotatable bonds is 6. The predicted octanol–water partition coefficient (Wildman–Crippen LogP) is 3.48. The van der Waals surface area contributed by atoms with Crippen LogP contribution < -0.4 is 4.90 Å². The lowest BCUT2D eigenvalue weighted by Gasteiger charge is -2.21. The van der Waals surface area contributed by atoms with Crippen LogP contribution >= 0.6 is 0 Å². The number of imide groups is 1. The molecule has 2 aliphatic rings. The molecule has 0 saturated carbocycles. The quantitative estimate of drug-likeness (QED) is 0.560. The number of aryl methyl sites for hydroxylation is 2. The highest BCUT2D eigenvalue weighted by molar-refractivity contribution is 6.36. The third kappa shape index (κ3) is 3.36. The Morgan fingerprint density at radius 3 is 2.55 bits per heavy atom. The van der Waals surface area contributed by atoms with E-state index in [1.165, 1.54) is 10.5 Å². The highest BCUT2D eigenvalue weighted by Crippen LogP contribution is 2.38. The van der Waals surface area contributed by atoms with Crippen molar-refractivity contribution in [3.8, 4) is 0 Å². The topological polar surface area (TPSA) is 49.9 Å². The van der Waals surface area contributed by atoms with E-state index in [9.17, 15) is 9.59 Å². The van der Waals surface area contributed by atoms with Gasteiger partial charge < -0.3 is 9.64 Å². The number of para-hydroxylation sites is 1. The number of hydrogen-bond acceptors (Lipinski definition) is 4. The number of hydrogen-bond donors (Lipinski definition) is 0. The van der Waals surface area contributed by atoms with Gasteiger partial charge in [0.25, 0.3) is 11.8 Å². The molecule has 0 radical (unpaired) electrons. The first-order valence-corrected chi connectivity index (χ1v) is 10.1. The third-order valence-corrected chi connectivity index (χ3v) is 5.83. The molecule has 2 aromatic rings. The summed E-state index contributed by atoms with van der Waals surface area (Å²) in [7, 11) is 1.62. The normalized spacial score (nSPS) is 16.2. The number of nitrogens with zero attached hydrogens (tertiary/aromatic N) is 2. The van der Waals surface area contributed by atoms with Gasteiger partial charge in [-0.25, -0.2) is 0 Å². The Morgan fingerprint density at radius 1 is 1.00 bits per heavy atom. The SMILES string of the molecule is COCCCN1C(=O)C(c2ccc(C)c(C)c2)=C(N2CCc3ccccc32)C1=O. The summed E-state index contributed by atoms with van der Waals surface area (Å²) in [4.78, 5) is 30.2. The first kappa shape index (κ1) is 19.4. The lowest BCUT2D eigenvalue weighted by Crippen LogP contribution is -2.36. The fraction of sp³-hybridized carbons (Fsp3) is 0.333. The average molecular weight is 390 g/mol. The van der Waals surface area contributed by atoms with Crippen LogP contribution in [0.15, 0.2) is 48.2 Å². The second-order valence-electron chi connectivity index (χ2n) is 7.66. The van der Waals surface area contributed by atoms with Gasteiger partial charge in [-0.05, 0) is 55.0 Å². The standard InChI is InChI=1S/C24H26N2O3/c1-16-9-10-19(15-17(16)2)21-22(24(28)26(23(21)27)12-6-14-29-3)25-13-11-18-7-4-5-8-20(18)25/h4-5,7-10,15H,6,11-14H2,1-3H3. The lowest BCUT2D eigenvalue weighted by molar-refractivity contribution is -0.137. The Balaban J connectivity index is 1.81. The van der Waals surface area contributed by atoms with Crippen LogP contribution in [-0.2, 0) is 20.7 Å². The Labute approximate surface area is 171 Å². The number of ether oxygens (including phenoxy) is 1. The van der Waals surface area contributed by atoms with E-state index in [4.69, 9.17) is 4.74 Å². The van der Waals surface area contributed by atoms with Crippen molar-refractivity contribution in [1.82, 2.24) is 4.90 Å². The average Bonchev–Trinajstić information content (AvgIpc) is 3.24. The molecule has 0 spiro atoms. The number of anilines is 1. The zero-order valence-electron chi connectivity index (χ0n) is 17.2. The predicted molar refractivity (Wildman–Crippen MR) is 114 cm³/mol. The van der Waals surface area contributed by atoms with Crippen molar-refractivity contribution < 1.29 is 14.3 Å². The van der Waals surface area contributed by atoms with E-state index in [0.717, 1.165) is 28.8 Å². The minimum Gasteiger partial charge on any atom is -0.385 e. The molecule has 0 aliphatic carbocycles. The summed E-state index contributed by atoms with van der Waals surface area (Å²) in [5.74, 6) is -0.426. The molecule has 0 N–H and O–H groups in total. The van der Waals surface area contributed by atoms with Crippen LogP contribution in [0.2, 0.25) is 0 Å². The van der Waals surface area contributed by atoms with Gasteiger partial charge in [-0.2, -0.15) is 0 Å². The Morgan fingerprint density at radius 2 is 1.79 bits per heavy atom. The van der Waals surface area contributed by atoms with E-state index in [0.29, 0.717) is 37.4 Å². The maximum atomic E-state index is 13.4. The molecule has 0 unspecified atom stereocenters. The molecule has 29 heavy (non-hydrogen) atoms. The van der Waals surface area contributed by atoms with Crippen LogP contribution in [0.4, 0.5) is 5.69 Å². The molecule has 2 aromatic carbocycles. The molecule has 2 amide bonds.